The topological polar surface area (TPSA) is 34.9 Å². The van der Waals surface area contributed by atoms with E-state index in [1.807, 2.05) is 31.2 Å². The highest BCUT2D eigenvalue weighted by atomic mass is 127. The zero-order valence-corrected chi connectivity index (χ0v) is 12.2. The van der Waals surface area contributed by atoms with Gasteiger partial charge in [0.05, 0.1) is 5.69 Å². The van der Waals surface area contributed by atoms with Crippen LogP contribution in [0.4, 0.5) is 0 Å². The van der Waals surface area contributed by atoms with Crippen LogP contribution in [0.5, 0.6) is 0 Å². The number of nitrogens with zero attached hydrogens (tertiary/aromatic N) is 2. The Hall–Kier alpha value is -1.17. The van der Waals surface area contributed by atoms with E-state index < -0.39 is 0 Å². The van der Waals surface area contributed by atoms with Crippen LogP contribution in [-0.2, 0) is 0 Å². The van der Waals surface area contributed by atoms with Gasteiger partial charge in [0.15, 0.2) is 0 Å². The maximum atomic E-state index is 12.2. The second-order valence-electron chi connectivity index (χ2n) is 4.68. The first-order valence-electron chi connectivity index (χ1n) is 6.02. The second kappa shape index (κ2) is 4.50. The molecule has 0 atom stereocenters. The highest BCUT2D eigenvalue weighted by Crippen LogP contribution is 2.39. The highest BCUT2D eigenvalue weighted by molar-refractivity contribution is 14.1. The van der Waals surface area contributed by atoms with Gasteiger partial charge in [-0.25, -0.2) is 4.98 Å². The van der Waals surface area contributed by atoms with E-state index in [9.17, 15) is 4.79 Å². The first kappa shape index (κ1) is 11.9. The molecule has 0 spiro atoms. The second-order valence-corrected chi connectivity index (χ2v) is 5.93. The molecular formula is C14H13IN2O. The predicted octanol–water partition coefficient (Wildman–Crippen LogP) is 3.02. The molecular weight excluding hydrogens is 339 g/mol. The number of benzene rings is 1. The monoisotopic (exact) mass is 352 g/mol. The summed E-state index contributed by atoms with van der Waals surface area (Å²) >= 11 is 2.26. The summed E-state index contributed by atoms with van der Waals surface area (Å²) in [5.41, 5.74) is 1.74. The van der Waals surface area contributed by atoms with Crippen LogP contribution in [0.1, 0.15) is 30.3 Å². The summed E-state index contributed by atoms with van der Waals surface area (Å²) in [6.45, 7) is 1.88. The van der Waals surface area contributed by atoms with Gasteiger partial charge in [-0.2, -0.15) is 0 Å². The molecule has 3 rings (SSSR count). The Bertz CT molecular complexity index is 642. The molecule has 0 aliphatic heterocycles. The number of halogens is 1. The molecule has 1 saturated carbocycles. The van der Waals surface area contributed by atoms with Gasteiger partial charge in [-0.05, 0) is 66.6 Å². The summed E-state index contributed by atoms with van der Waals surface area (Å²) < 4.78 is 2.92. The third kappa shape index (κ3) is 2.21. The van der Waals surface area contributed by atoms with E-state index in [1.54, 1.807) is 10.6 Å². The third-order valence-corrected chi connectivity index (χ3v) is 3.82. The molecule has 1 fully saturated rings. The first-order chi connectivity index (χ1) is 8.65. The lowest BCUT2D eigenvalue weighted by Gasteiger charge is -2.12. The van der Waals surface area contributed by atoms with Gasteiger partial charge in [0.25, 0.3) is 5.56 Å². The number of aromatic nitrogens is 2. The Balaban J connectivity index is 2.21. The maximum Gasteiger partial charge on any atom is 0.258 e. The molecule has 0 radical (unpaired) electrons. The van der Waals surface area contributed by atoms with Crippen molar-refractivity contribution in [3.8, 4) is 5.69 Å². The van der Waals surface area contributed by atoms with E-state index in [4.69, 9.17) is 0 Å². The van der Waals surface area contributed by atoms with Crippen LogP contribution in [0.2, 0.25) is 0 Å². The van der Waals surface area contributed by atoms with Crippen molar-refractivity contribution in [2.45, 2.75) is 25.7 Å². The summed E-state index contributed by atoms with van der Waals surface area (Å²) in [4.78, 5) is 16.8. The summed E-state index contributed by atoms with van der Waals surface area (Å²) in [6, 6.07) is 9.58. The third-order valence-electron chi connectivity index (χ3n) is 3.10. The molecule has 2 aromatic rings. The summed E-state index contributed by atoms with van der Waals surface area (Å²) in [7, 11) is 0. The number of aryl methyl sites for hydroxylation is 1. The molecule has 0 bridgehead atoms. The lowest BCUT2D eigenvalue weighted by Crippen LogP contribution is -2.23. The molecule has 1 aromatic heterocycles. The molecule has 3 nitrogen and oxygen atoms in total. The van der Waals surface area contributed by atoms with E-state index in [2.05, 4.69) is 27.6 Å². The standard InChI is InChI=1S/C14H13IN2O/c1-9-8-13(18)17(14(16-9)10-2-3-10)12-6-4-11(15)5-7-12/h4-8,10H,2-3H2,1H3. The minimum atomic E-state index is 0.0191. The fraction of sp³-hybridized carbons (Fsp3) is 0.286. The van der Waals surface area contributed by atoms with Crippen molar-refractivity contribution in [2.24, 2.45) is 0 Å². The molecule has 0 unspecified atom stereocenters. The minimum Gasteiger partial charge on any atom is -0.269 e. The van der Waals surface area contributed by atoms with Gasteiger partial charge in [-0.15, -0.1) is 0 Å². The minimum absolute atomic E-state index is 0.0191. The van der Waals surface area contributed by atoms with E-state index in [-0.39, 0.29) is 5.56 Å². The Kier molecular flexibility index (Phi) is 2.97. The van der Waals surface area contributed by atoms with Gasteiger partial charge in [0.2, 0.25) is 0 Å². The first-order valence-corrected chi connectivity index (χ1v) is 7.09. The quantitative estimate of drug-likeness (QED) is 0.779. The van der Waals surface area contributed by atoms with E-state index in [0.29, 0.717) is 5.92 Å². The Morgan fingerprint density at radius 1 is 1.28 bits per heavy atom. The van der Waals surface area contributed by atoms with Crippen molar-refractivity contribution >= 4 is 22.6 Å². The van der Waals surface area contributed by atoms with Gasteiger partial charge in [0, 0.05) is 21.2 Å². The molecule has 1 aromatic carbocycles. The zero-order valence-electron chi connectivity index (χ0n) is 10.1. The van der Waals surface area contributed by atoms with Gasteiger partial charge in [-0.3, -0.25) is 9.36 Å². The fourth-order valence-corrected chi connectivity index (χ4v) is 2.44. The average Bonchev–Trinajstić information content (AvgIpc) is 3.14. The summed E-state index contributed by atoms with van der Waals surface area (Å²) in [5, 5.41) is 0. The van der Waals surface area contributed by atoms with Crippen molar-refractivity contribution in [3.63, 3.8) is 0 Å². The molecule has 1 aliphatic rings. The van der Waals surface area contributed by atoms with Crippen LogP contribution in [-0.4, -0.2) is 9.55 Å². The van der Waals surface area contributed by atoms with Crippen molar-refractivity contribution in [1.82, 2.24) is 9.55 Å². The number of rotatable bonds is 2. The lowest BCUT2D eigenvalue weighted by atomic mass is 10.2. The Labute approximate surface area is 119 Å². The van der Waals surface area contributed by atoms with Gasteiger partial charge < -0.3 is 0 Å². The fourth-order valence-electron chi connectivity index (χ4n) is 2.08. The van der Waals surface area contributed by atoms with E-state index >= 15 is 0 Å². The van der Waals surface area contributed by atoms with E-state index in [0.717, 1.165) is 33.6 Å². The maximum absolute atomic E-state index is 12.2. The van der Waals surface area contributed by atoms with Crippen LogP contribution in [0, 0.1) is 10.5 Å². The van der Waals surface area contributed by atoms with Gasteiger partial charge in [0.1, 0.15) is 5.82 Å². The SMILES string of the molecule is Cc1cc(=O)n(-c2ccc(I)cc2)c(C2CC2)n1. The van der Waals surface area contributed by atoms with Crippen molar-refractivity contribution in [1.29, 1.82) is 0 Å². The summed E-state index contributed by atoms with van der Waals surface area (Å²) in [5.74, 6) is 1.37. The van der Waals surface area contributed by atoms with Crippen LogP contribution < -0.4 is 5.56 Å². The Morgan fingerprint density at radius 2 is 1.94 bits per heavy atom. The van der Waals surface area contributed by atoms with Crippen molar-refractivity contribution < 1.29 is 0 Å². The molecule has 0 amide bonds. The molecule has 92 valence electrons. The normalized spacial score (nSPS) is 14.8. The molecule has 0 N–H and O–H groups in total. The van der Waals surface area contributed by atoms with Crippen LogP contribution in [0.15, 0.2) is 35.1 Å². The molecule has 0 saturated heterocycles. The summed E-state index contributed by atoms with van der Waals surface area (Å²) in [6.07, 6.45) is 2.28. The van der Waals surface area contributed by atoms with Gasteiger partial charge >= 0.3 is 0 Å². The molecule has 1 heterocycles. The predicted molar refractivity (Wildman–Crippen MR) is 79.3 cm³/mol. The van der Waals surface area contributed by atoms with Crippen LogP contribution in [0.3, 0.4) is 0 Å². The van der Waals surface area contributed by atoms with Gasteiger partial charge in [-0.1, -0.05) is 0 Å². The van der Waals surface area contributed by atoms with Crippen LogP contribution in [0.25, 0.3) is 5.69 Å². The Morgan fingerprint density at radius 3 is 2.56 bits per heavy atom. The number of hydrogen-bond donors (Lipinski definition) is 0. The lowest BCUT2D eigenvalue weighted by molar-refractivity contribution is 0.792. The van der Waals surface area contributed by atoms with Crippen molar-refractivity contribution in [2.75, 3.05) is 0 Å². The molecule has 4 heteroatoms. The zero-order chi connectivity index (χ0) is 12.7. The van der Waals surface area contributed by atoms with Crippen LogP contribution >= 0.6 is 22.6 Å². The van der Waals surface area contributed by atoms with E-state index in [1.165, 1.54) is 0 Å². The highest BCUT2D eigenvalue weighted by Gasteiger charge is 2.29. The molecule has 18 heavy (non-hydrogen) atoms. The van der Waals surface area contributed by atoms with Crippen molar-refractivity contribution in [3.05, 3.63) is 55.8 Å². The number of hydrogen-bond acceptors (Lipinski definition) is 2. The molecule has 1 aliphatic carbocycles. The average molecular weight is 352 g/mol. The smallest absolute Gasteiger partial charge is 0.258 e. The largest absolute Gasteiger partial charge is 0.269 e.